The van der Waals surface area contributed by atoms with Crippen LogP contribution in [-0.2, 0) is 14.3 Å². The highest BCUT2D eigenvalue weighted by Gasteiger charge is 2.39. The van der Waals surface area contributed by atoms with Crippen molar-refractivity contribution in [1.29, 1.82) is 0 Å². The third-order valence-corrected chi connectivity index (χ3v) is 3.58. The Morgan fingerprint density at radius 3 is 2.67 bits per heavy atom. The van der Waals surface area contributed by atoms with Gasteiger partial charge in [-0.25, -0.2) is 4.79 Å². The van der Waals surface area contributed by atoms with E-state index in [1.165, 1.54) is 12.0 Å². The van der Waals surface area contributed by atoms with Crippen LogP contribution in [0.1, 0.15) is 26.2 Å². The predicted octanol–water partition coefficient (Wildman–Crippen LogP) is 0.0619. The van der Waals surface area contributed by atoms with E-state index in [1.807, 2.05) is 6.92 Å². The number of likely N-dealkylation sites (tertiary alicyclic amines) is 1. The second-order valence-corrected chi connectivity index (χ2v) is 4.71. The fourth-order valence-corrected chi connectivity index (χ4v) is 2.24. The fraction of sp³-hybridized carbons (Fsp3) is 0.833. The molecule has 1 fully saturated rings. The molecule has 1 aliphatic heterocycles. The van der Waals surface area contributed by atoms with Gasteiger partial charge in [-0.1, -0.05) is 13.3 Å². The number of methoxy groups -OCH3 is 1. The molecule has 104 valence electrons. The van der Waals surface area contributed by atoms with Crippen molar-refractivity contribution >= 4 is 11.9 Å². The van der Waals surface area contributed by atoms with Gasteiger partial charge in [0.1, 0.15) is 6.04 Å². The minimum atomic E-state index is -0.969. The number of nitrogens with zero attached hydrogens (tertiary/aromatic N) is 1. The van der Waals surface area contributed by atoms with Gasteiger partial charge in [0, 0.05) is 26.5 Å². The topological polar surface area (TPSA) is 92.9 Å². The maximum atomic E-state index is 12.1. The van der Waals surface area contributed by atoms with Crippen molar-refractivity contribution in [2.75, 3.05) is 20.2 Å². The van der Waals surface area contributed by atoms with E-state index in [2.05, 4.69) is 0 Å². The summed E-state index contributed by atoms with van der Waals surface area (Å²) in [6.07, 6.45) is 1.30. The Morgan fingerprint density at radius 1 is 1.56 bits per heavy atom. The summed E-state index contributed by atoms with van der Waals surface area (Å²) in [5, 5.41) is 9.12. The number of hydrogen-bond acceptors (Lipinski definition) is 4. The van der Waals surface area contributed by atoms with Gasteiger partial charge in [-0.05, 0) is 12.5 Å². The minimum Gasteiger partial charge on any atom is -0.480 e. The van der Waals surface area contributed by atoms with Gasteiger partial charge < -0.3 is 20.5 Å². The summed E-state index contributed by atoms with van der Waals surface area (Å²) in [6, 6.07) is -0.766. The second kappa shape index (κ2) is 6.70. The van der Waals surface area contributed by atoms with Gasteiger partial charge in [0.15, 0.2) is 0 Å². The van der Waals surface area contributed by atoms with Crippen LogP contribution in [0.15, 0.2) is 0 Å². The molecule has 0 aromatic rings. The number of hydrogen-bond donors (Lipinski definition) is 2. The average molecular weight is 258 g/mol. The Bertz CT molecular complexity index is 304. The van der Waals surface area contributed by atoms with Crippen LogP contribution in [0.25, 0.3) is 0 Å². The summed E-state index contributed by atoms with van der Waals surface area (Å²) >= 11 is 0. The predicted molar refractivity (Wildman–Crippen MR) is 66.0 cm³/mol. The summed E-state index contributed by atoms with van der Waals surface area (Å²) < 4.78 is 5.15. The molecule has 0 aliphatic carbocycles. The van der Waals surface area contributed by atoms with E-state index in [9.17, 15) is 9.59 Å². The molecule has 0 radical (unpaired) electrons. The van der Waals surface area contributed by atoms with Crippen LogP contribution in [0.2, 0.25) is 0 Å². The van der Waals surface area contributed by atoms with Gasteiger partial charge in [0.05, 0.1) is 6.10 Å². The molecular formula is C12H22N2O4. The molecule has 18 heavy (non-hydrogen) atoms. The number of carboxylic acids is 1. The lowest BCUT2D eigenvalue weighted by Gasteiger charge is -2.23. The third-order valence-electron chi connectivity index (χ3n) is 3.58. The van der Waals surface area contributed by atoms with Crippen molar-refractivity contribution in [3.05, 3.63) is 0 Å². The highest BCUT2D eigenvalue weighted by Crippen LogP contribution is 2.22. The first kappa shape index (κ1) is 14.9. The van der Waals surface area contributed by atoms with E-state index < -0.39 is 12.0 Å². The van der Waals surface area contributed by atoms with Crippen LogP contribution in [0.4, 0.5) is 0 Å². The molecule has 3 N–H and O–H groups in total. The van der Waals surface area contributed by atoms with Gasteiger partial charge in [-0.15, -0.1) is 0 Å². The summed E-state index contributed by atoms with van der Waals surface area (Å²) in [5.74, 6) is -0.989. The molecule has 3 unspecified atom stereocenters. The molecule has 1 amide bonds. The van der Waals surface area contributed by atoms with Crippen LogP contribution in [0.5, 0.6) is 0 Å². The molecule has 1 rings (SSSR count). The van der Waals surface area contributed by atoms with Crippen LogP contribution < -0.4 is 5.73 Å². The van der Waals surface area contributed by atoms with Crippen LogP contribution in [-0.4, -0.2) is 54.2 Å². The molecule has 6 nitrogen and oxygen atoms in total. The number of ether oxygens (including phenoxy) is 1. The molecule has 0 spiro atoms. The molecule has 0 saturated carbocycles. The van der Waals surface area contributed by atoms with Crippen LogP contribution in [0.3, 0.4) is 0 Å². The van der Waals surface area contributed by atoms with Crippen molar-refractivity contribution < 1.29 is 19.4 Å². The summed E-state index contributed by atoms with van der Waals surface area (Å²) in [5.41, 5.74) is 5.57. The maximum absolute atomic E-state index is 12.1. The van der Waals surface area contributed by atoms with E-state index in [1.54, 1.807) is 0 Å². The molecular weight excluding hydrogens is 236 g/mol. The van der Waals surface area contributed by atoms with Crippen molar-refractivity contribution in [2.45, 2.75) is 38.3 Å². The quantitative estimate of drug-likeness (QED) is 0.703. The first-order chi connectivity index (χ1) is 8.53. The van der Waals surface area contributed by atoms with Gasteiger partial charge in [-0.3, -0.25) is 4.79 Å². The molecule has 0 bridgehead atoms. The number of nitrogens with two attached hydrogens (primary N) is 1. The van der Waals surface area contributed by atoms with Crippen LogP contribution >= 0.6 is 0 Å². The van der Waals surface area contributed by atoms with Crippen molar-refractivity contribution in [2.24, 2.45) is 11.7 Å². The minimum absolute atomic E-state index is 0.119. The lowest BCUT2D eigenvalue weighted by Crippen LogP contribution is -2.41. The number of amides is 1. The number of aliphatic carboxylic acids is 1. The van der Waals surface area contributed by atoms with Gasteiger partial charge in [0.25, 0.3) is 0 Å². The molecule has 1 saturated heterocycles. The van der Waals surface area contributed by atoms with Gasteiger partial charge in [-0.2, -0.15) is 0 Å². The normalized spacial score (nSPS) is 25.2. The van der Waals surface area contributed by atoms with Crippen molar-refractivity contribution in [1.82, 2.24) is 4.90 Å². The molecule has 6 heteroatoms. The van der Waals surface area contributed by atoms with Crippen molar-refractivity contribution in [3.63, 3.8) is 0 Å². The Hall–Kier alpha value is -1.14. The molecule has 1 heterocycles. The Morgan fingerprint density at radius 2 is 2.22 bits per heavy atom. The summed E-state index contributed by atoms with van der Waals surface area (Å²) in [6.45, 7) is 2.77. The molecule has 3 atom stereocenters. The van der Waals surface area contributed by atoms with E-state index in [0.717, 1.165) is 6.42 Å². The van der Waals surface area contributed by atoms with Crippen LogP contribution in [0, 0.1) is 5.92 Å². The lowest BCUT2D eigenvalue weighted by molar-refractivity contribution is -0.148. The summed E-state index contributed by atoms with van der Waals surface area (Å²) in [7, 11) is 1.53. The first-order valence-electron chi connectivity index (χ1n) is 6.28. The zero-order chi connectivity index (χ0) is 13.7. The maximum Gasteiger partial charge on any atom is 0.326 e. The number of carbonyl (C=O) groups excluding carboxylic acids is 1. The fourth-order valence-electron chi connectivity index (χ4n) is 2.24. The number of carbonyl (C=O) groups is 2. The largest absolute Gasteiger partial charge is 0.480 e. The second-order valence-electron chi connectivity index (χ2n) is 4.71. The lowest BCUT2D eigenvalue weighted by atomic mass is 10.0. The highest BCUT2D eigenvalue weighted by molar-refractivity contribution is 5.84. The average Bonchev–Trinajstić information content (AvgIpc) is 2.80. The van der Waals surface area contributed by atoms with E-state index >= 15 is 0 Å². The van der Waals surface area contributed by atoms with Gasteiger partial charge >= 0.3 is 5.97 Å². The Kier molecular flexibility index (Phi) is 5.55. The standard InChI is InChI=1S/C12H22N2O4/c1-3-8(6-13)4-11(15)14-7-9(18-2)5-10(14)12(16)17/h8-10H,3-7,13H2,1-2H3,(H,16,17). The molecule has 0 aromatic heterocycles. The molecule has 1 aliphatic rings. The monoisotopic (exact) mass is 258 g/mol. The SMILES string of the molecule is CCC(CN)CC(=O)N1CC(OC)CC1C(=O)O. The first-order valence-corrected chi connectivity index (χ1v) is 6.28. The van der Waals surface area contributed by atoms with E-state index in [4.69, 9.17) is 15.6 Å². The zero-order valence-corrected chi connectivity index (χ0v) is 11.0. The Labute approximate surface area is 107 Å². The van der Waals surface area contributed by atoms with Gasteiger partial charge in [0.2, 0.25) is 5.91 Å². The number of rotatable bonds is 6. The molecule has 0 aromatic carbocycles. The smallest absolute Gasteiger partial charge is 0.326 e. The summed E-state index contributed by atoms with van der Waals surface area (Å²) in [4.78, 5) is 24.6. The zero-order valence-electron chi connectivity index (χ0n) is 11.0. The highest BCUT2D eigenvalue weighted by atomic mass is 16.5. The van der Waals surface area contributed by atoms with Crippen molar-refractivity contribution in [3.8, 4) is 0 Å². The van der Waals surface area contributed by atoms with E-state index in [-0.39, 0.29) is 17.9 Å². The van der Waals surface area contributed by atoms with E-state index in [0.29, 0.717) is 25.9 Å². The number of carboxylic acid groups (broad SMARTS) is 1. The third kappa shape index (κ3) is 3.43. The Balaban J connectivity index is 2.67.